The van der Waals surface area contributed by atoms with E-state index in [9.17, 15) is 4.79 Å². The molecule has 0 aromatic heterocycles. The summed E-state index contributed by atoms with van der Waals surface area (Å²) in [6.07, 6.45) is 2.05. The van der Waals surface area contributed by atoms with E-state index in [-0.39, 0.29) is 6.10 Å². The second-order valence-corrected chi connectivity index (χ2v) is 7.46. The lowest BCUT2D eigenvalue weighted by Gasteiger charge is -2.32. The number of esters is 1. The van der Waals surface area contributed by atoms with Crippen molar-refractivity contribution >= 4 is 5.97 Å². The summed E-state index contributed by atoms with van der Waals surface area (Å²) in [5.41, 5.74) is 2.62. The molecule has 0 N–H and O–H groups in total. The largest absolute Gasteiger partial charge is 0.428 e. The van der Waals surface area contributed by atoms with E-state index in [0.717, 1.165) is 11.1 Å². The van der Waals surface area contributed by atoms with Crippen molar-refractivity contribution in [1.29, 1.82) is 0 Å². The van der Waals surface area contributed by atoms with Gasteiger partial charge in [0.1, 0.15) is 12.2 Å². The Bertz CT molecular complexity index is 988. The van der Waals surface area contributed by atoms with Crippen molar-refractivity contribution in [2.45, 2.75) is 31.7 Å². The number of hydrogen-bond acceptors (Lipinski definition) is 5. The van der Waals surface area contributed by atoms with Crippen LogP contribution in [-0.2, 0) is 32.2 Å². The number of carbonyl (C=O) groups is 1. The minimum absolute atomic E-state index is 0.304. The first-order chi connectivity index (χ1) is 15.8. The molecule has 0 spiro atoms. The van der Waals surface area contributed by atoms with Gasteiger partial charge in [-0.1, -0.05) is 84.9 Å². The summed E-state index contributed by atoms with van der Waals surface area (Å²) in [5.74, 6) is -0.437. The van der Waals surface area contributed by atoms with Crippen LogP contribution < -0.4 is 0 Å². The number of ether oxygens (including phenoxy) is 4. The third kappa shape index (κ3) is 6.37. The molecule has 0 saturated carbocycles. The number of rotatable bonds is 9. The molecule has 0 bridgehead atoms. The van der Waals surface area contributed by atoms with Crippen LogP contribution in [0, 0.1) is 0 Å². The summed E-state index contributed by atoms with van der Waals surface area (Å²) < 4.78 is 23.6. The van der Waals surface area contributed by atoms with Crippen LogP contribution in [0.3, 0.4) is 0 Å². The molecule has 3 atom stereocenters. The lowest BCUT2D eigenvalue weighted by atomic mass is 10.1. The Morgan fingerprint density at radius 2 is 1.34 bits per heavy atom. The molecule has 1 aliphatic heterocycles. The molecule has 3 aromatic rings. The van der Waals surface area contributed by atoms with E-state index in [1.54, 1.807) is 30.3 Å². The minimum atomic E-state index is -0.801. The molecule has 5 heteroatoms. The van der Waals surface area contributed by atoms with Crippen LogP contribution in [0.5, 0.6) is 0 Å². The Morgan fingerprint density at radius 3 is 2.00 bits per heavy atom. The quantitative estimate of drug-likeness (QED) is 0.356. The van der Waals surface area contributed by atoms with Crippen LogP contribution in [0.15, 0.2) is 103 Å². The molecule has 4 rings (SSSR count). The van der Waals surface area contributed by atoms with Gasteiger partial charge in [0.15, 0.2) is 0 Å². The highest BCUT2D eigenvalue weighted by Crippen LogP contribution is 2.20. The monoisotopic (exact) mass is 430 g/mol. The van der Waals surface area contributed by atoms with Gasteiger partial charge >= 0.3 is 5.97 Å². The Kier molecular flexibility index (Phi) is 7.82. The van der Waals surface area contributed by atoms with E-state index >= 15 is 0 Å². The zero-order valence-electron chi connectivity index (χ0n) is 17.7. The fraction of sp³-hybridized carbons (Fsp3) is 0.222. The molecule has 0 fully saturated rings. The minimum Gasteiger partial charge on any atom is -0.428 e. The van der Waals surface area contributed by atoms with Crippen molar-refractivity contribution in [2.24, 2.45) is 0 Å². The van der Waals surface area contributed by atoms with Crippen LogP contribution in [0.2, 0.25) is 0 Å². The number of benzene rings is 3. The van der Waals surface area contributed by atoms with Gasteiger partial charge in [0, 0.05) is 0 Å². The van der Waals surface area contributed by atoms with Crippen molar-refractivity contribution in [1.82, 2.24) is 0 Å². The van der Waals surface area contributed by atoms with E-state index in [2.05, 4.69) is 0 Å². The highest BCUT2D eigenvalue weighted by atomic mass is 16.7. The first-order valence-corrected chi connectivity index (χ1v) is 10.6. The molecule has 0 amide bonds. The lowest BCUT2D eigenvalue weighted by molar-refractivity contribution is -0.176. The van der Waals surface area contributed by atoms with Crippen molar-refractivity contribution in [3.63, 3.8) is 0 Å². The average molecular weight is 431 g/mol. The van der Waals surface area contributed by atoms with Crippen molar-refractivity contribution in [2.75, 3.05) is 6.61 Å². The molecular formula is C27H26O5. The summed E-state index contributed by atoms with van der Waals surface area (Å²) in [5, 5.41) is 0. The molecule has 164 valence electrons. The molecule has 5 nitrogen and oxygen atoms in total. The highest BCUT2D eigenvalue weighted by Gasteiger charge is 2.30. The second kappa shape index (κ2) is 11.4. The highest BCUT2D eigenvalue weighted by molar-refractivity contribution is 5.89. The topological polar surface area (TPSA) is 54.0 Å². The van der Waals surface area contributed by atoms with Crippen molar-refractivity contribution < 1.29 is 23.7 Å². The smallest absolute Gasteiger partial charge is 0.340 e. The van der Waals surface area contributed by atoms with E-state index in [4.69, 9.17) is 18.9 Å². The third-order valence-corrected chi connectivity index (χ3v) is 5.04. The first-order valence-electron chi connectivity index (χ1n) is 10.6. The van der Waals surface area contributed by atoms with Crippen LogP contribution >= 0.6 is 0 Å². The standard InChI is InChI=1S/C27H26O5/c28-27(23-14-8-3-9-15-23)32-26-17-16-24(30-19-22-12-6-2-7-13-22)25(31-26)20-29-18-21-10-4-1-5-11-21/h1-17,24-26H,18-20H2/t24-,25-,26-/m1/s1. The molecule has 0 radical (unpaired) electrons. The van der Waals surface area contributed by atoms with Gasteiger partial charge in [-0.2, -0.15) is 0 Å². The maximum atomic E-state index is 12.4. The molecule has 3 aromatic carbocycles. The molecule has 0 saturated heterocycles. The Hall–Kier alpha value is -3.25. The van der Waals surface area contributed by atoms with E-state index in [1.807, 2.05) is 72.8 Å². The normalized spacial score (nSPS) is 20.1. The SMILES string of the molecule is O=C(O[C@@H]1C=C[C@@H](OCc2ccccc2)[C@@H](COCc2ccccc2)O1)c1ccccc1. The Balaban J connectivity index is 1.38. The Labute approximate surface area is 188 Å². The van der Waals surface area contributed by atoms with Gasteiger partial charge in [-0.3, -0.25) is 0 Å². The predicted octanol–water partition coefficient (Wildman–Crippen LogP) is 4.93. The summed E-state index contributed by atoms with van der Waals surface area (Å²) in [7, 11) is 0. The third-order valence-electron chi connectivity index (χ3n) is 5.04. The summed E-state index contributed by atoms with van der Waals surface area (Å²) in [6, 6.07) is 28.7. The zero-order chi connectivity index (χ0) is 22.0. The van der Waals surface area contributed by atoms with Gasteiger partial charge in [0.25, 0.3) is 0 Å². The van der Waals surface area contributed by atoms with E-state index < -0.39 is 18.4 Å². The van der Waals surface area contributed by atoms with Gasteiger partial charge in [-0.05, 0) is 29.3 Å². The van der Waals surface area contributed by atoms with Crippen LogP contribution in [0.1, 0.15) is 21.5 Å². The maximum absolute atomic E-state index is 12.4. The van der Waals surface area contributed by atoms with Crippen molar-refractivity contribution in [3.8, 4) is 0 Å². The van der Waals surface area contributed by atoms with E-state index in [0.29, 0.717) is 25.4 Å². The zero-order valence-corrected chi connectivity index (χ0v) is 17.7. The fourth-order valence-corrected chi connectivity index (χ4v) is 3.36. The Morgan fingerprint density at radius 1 is 0.750 bits per heavy atom. The molecule has 0 unspecified atom stereocenters. The molecule has 1 aliphatic rings. The van der Waals surface area contributed by atoms with Crippen molar-refractivity contribution in [3.05, 3.63) is 120 Å². The van der Waals surface area contributed by atoms with Gasteiger partial charge in [-0.15, -0.1) is 0 Å². The van der Waals surface area contributed by atoms with Crippen LogP contribution in [0.25, 0.3) is 0 Å². The number of carbonyl (C=O) groups excluding carboxylic acids is 1. The van der Waals surface area contributed by atoms with Crippen LogP contribution in [-0.4, -0.2) is 31.1 Å². The molecule has 1 heterocycles. The van der Waals surface area contributed by atoms with Crippen LogP contribution in [0.4, 0.5) is 0 Å². The summed E-state index contributed by atoms with van der Waals surface area (Å²) in [4.78, 5) is 12.4. The lowest BCUT2D eigenvalue weighted by Crippen LogP contribution is -2.41. The molecule has 0 aliphatic carbocycles. The summed E-state index contributed by atoms with van der Waals surface area (Å²) in [6.45, 7) is 1.21. The van der Waals surface area contributed by atoms with Gasteiger partial charge in [-0.25, -0.2) is 4.79 Å². The van der Waals surface area contributed by atoms with Gasteiger partial charge < -0.3 is 18.9 Å². The number of hydrogen-bond donors (Lipinski definition) is 0. The molecule has 32 heavy (non-hydrogen) atoms. The van der Waals surface area contributed by atoms with Gasteiger partial charge in [0.2, 0.25) is 6.29 Å². The molecular weight excluding hydrogens is 404 g/mol. The first kappa shape index (κ1) is 22.0. The van der Waals surface area contributed by atoms with E-state index in [1.165, 1.54) is 0 Å². The fourth-order valence-electron chi connectivity index (χ4n) is 3.36. The summed E-state index contributed by atoms with van der Waals surface area (Å²) >= 11 is 0. The second-order valence-electron chi connectivity index (χ2n) is 7.46. The average Bonchev–Trinajstić information content (AvgIpc) is 2.85. The maximum Gasteiger partial charge on any atom is 0.340 e. The predicted molar refractivity (Wildman–Crippen MR) is 121 cm³/mol. The van der Waals surface area contributed by atoms with Gasteiger partial charge in [0.05, 0.1) is 25.4 Å².